The van der Waals surface area contributed by atoms with E-state index in [-0.39, 0.29) is 5.97 Å². The van der Waals surface area contributed by atoms with Gasteiger partial charge in [-0.05, 0) is 49.4 Å². The van der Waals surface area contributed by atoms with Crippen molar-refractivity contribution >= 4 is 49.6 Å². The lowest BCUT2D eigenvalue weighted by molar-refractivity contribution is 0.0522. The topological polar surface area (TPSA) is 26.3 Å². The second kappa shape index (κ2) is 7.29. The SMILES string of the molecule is CCOC(=O)c1cc(Br)ccc1Sc1ccc(Br)cc1. The Morgan fingerprint density at radius 2 is 1.75 bits per heavy atom. The van der Waals surface area contributed by atoms with Gasteiger partial charge in [0.15, 0.2) is 0 Å². The zero-order chi connectivity index (χ0) is 14.5. The third kappa shape index (κ3) is 4.11. The van der Waals surface area contributed by atoms with E-state index in [1.165, 1.54) is 0 Å². The van der Waals surface area contributed by atoms with Crippen LogP contribution in [0.4, 0.5) is 0 Å². The van der Waals surface area contributed by atoms with Crippen LogP contribution in [0.3, 0.4) is 0 Å². The number of benzene rings is 2. The van der Waals surface area contributed by atoms with Gasteiger partial charge in [-0.25, -0.2) is 4.79 Å². The van der Waals surface area contributed by atoms with E-state index in [2.05, 4.69) is 31.9 Å². The van der Waals surface area contributed by atoms with Gasteiger partial charge in [0.25, 0.3) is 0 Å². The molecule has 0 amide bonds. The zero-order valence-electron chi connectivity index (χ0n) is 10.7. The Labute approximate surface area is 139 Å². The number of carbonyl (C=O) groups is 1. The molecule has 0 aliphatic rings. The van der Waals surface area contributed by atoms with E-state index in [1.54, 1.807) is 24.8 Å². The minimum Gasteiger partial charge on any atom is -0.462 e. The van der Waals surface area contributed by atoms with Gasteiger partial charge in [-0.1, -0.05) is 43.6 Å². The molecule has 0 bridgehead atoms. The lowest BCUT2D eigenvalue weighted by Gasteiger charge is -2.09. The third-order valence-electron chi connectivity index (χ3n) is 2.48. The lowest BCUT2D eigenvalue weighted by atomic mass is 10.2. The van der Waals surface area contributed by atoms with Gasteiger partial charge in [-0.15, -0.1) is 0 Å². The standard InChI is InChI=1S/C15H12Br2O2S/c1-2-19-15(18)13-9-11(17)5-8-14(13)20-12-6-3-10(16)4-7-12/h3-9H,2H2,1H3. The van der Waals surface area contributed by atoms with Crippen molar-refractivity contribution in [2.75, 3.05) is 6.61 Å². The van der Waals surface area contributed by atoms with E-state index in [9.17, 15) is 4.79 Å². The summed E-state index contributed by atoms with van der Waals surface area (Å²) in [5, 5.41) is 0. The minimum absolute atomic E-state index is 0.298. The first-order valence-electron chi connectivity index (χ1n) is 6.00. The quantitative estimate of drug-likeness (QED) is 0.613. The number of hydrogen-bond acceptors (Lipinski definition) is 3. The summed E-state index contributed by atoms with van der Waals surface area (Å²) >= 11 is 8.34. The molecule has 2 rings (SSSR count). The molecule has 0 saturated carbocycles. The molecule has 0 radical (unpaired) electrons. The van der Waals surface area contributed by atoms with Crippen LogP contribution < -0.4 is 0 Å². The van der Waals surface area contributed by atoms with E-state index < -0.39 is 0 Å². The Bertz CT molecular complexity index is 612. The highest BCUT2D eigenvalue weighted by molar-refractivity contribution is 9.10. The molecule has 104 valence electrons. The molecular formula is C15H12Br2O2S. The van der Waals surface area contributed by atoms with Crippen molar-refractivity contribution in [3.63, 3.8) is 0 Å². The minimum atomic E-state index is -0.298. The van der Waals surface area contributed by atoms with E-state index in [4.69, 9.17) is 4.74 Å². The molecule has 0 fully saturated rings. The van der Waals surface area contributed by atoms with Crippen LogP contribution in [-0.2, 0) is 4.74 Å². The van der Waals surface area contributed by atoms with Crippen LogP contribution in [-0.4, -0.2) is 12.6 Å². The smallest absolute Gasteiger partial charge is 0.339 e. The molecule has 0 spiro atoms. The monoisotopic (exact) mass is 414 g/mol. The normalized spacial score (nSPS) is 10.3. The summed E-state index contributed by atoms with van der Waals surface area (Å²) in [6.07, 6.45) is 0. The molecule has 5 heteroatoms. The first-order valence-corrected chi connectivity index (χ1v) is 8.40. The number of hydrogen-bond donors (Lipinski definition) is 0. The molecule has 0 atom stereocenters. The zero-order valence-corrected chi connectivity index (χ0v) is 14.7. The third-order valence-corrected chi connectivity index (χ3v) is 4.58. The van der Waals surface area contributed by atoms with Crippen molar-refractivity contribution in [3.8, 4) is 0 Å². The van der Waals surface area contributed by atoms with Crippen molar-refractivity contribution in [1.29, 1.82) is 0 Å². The molecule has 2 nitrogen and oxygen atoms in total. The van der Waals surface area contributed by atoms with Crippen molar-refractivity contribution in [2.45, 2.75) is 16.7 Å². The summed E-state index contributed by atoms with van der Waals surface area (Å²) in [4.78, 5) is 14.0. The Morgan fingerprint density at radius 1 is 1.10 bits per heavy atom. The number of rotatable bonds is 4. The maximum Gasteiger partial charge on any atom is 0.339 e. The lowest BCUT2D eigenvalue weighted by Crippen LogP contribution is -2.06. The maximum atomic E-state index is 12.0. The largest absolute Gasteiger partial charge is 0.462 e. The molecule has 0 N–H and O–H groups in total. The predicted octanol–water partition coefficient (Wildman–Crippen LogP) is 5.54. The number of halogens is 2. The second-order valence-electron chi connectivity index (χ2n) is 3.92. The van der Waals surface area contributed by atoms with Crippen molar-refractivity contribution in [1.82, 2.24) is 0 Å². The molecule has 0 heterocycles. The molecule has 0 saturated heterocycles. The van der Waals surface area contributed by atoms with E-state index >= 15 is 0 Å². The van der Waals surface area contributed by atoms with Crippen molar-refractivity contribution in [2.24, 2.45) is 0 Å². The van der Waals surface area contributed by atoms with Crippen molar-refractivity contribution in [3.05, 3.63) is 57.0 Å². The van der Waals surface area contributed by atoms with Crippen LogP contribution >= 0.6 is 43.6 Å². The van der Waals surface area contributed by atoms with Gasteiger partial charge in [-0.3, -0.25) is 0 Å². The summed E-state index contributed by atoms with van der Waals surface area (Å²) in [5.74, 6) is -0.298. The van der Waals surface area contributed by atoms with Gasteiger partial charge in [0.2, 0.25) is 0 Å². The Morgan fingerprint density at radius 3 is 2.40 bits per heavy atom. The van der Waals surface area contributed by atoms with Gasteiger partial charge in [0.05, 0.1) is 12.2 Å². The van der Waals surface area contributed by atoms with Gasteiger partial charge >= 0.3 is 5.97 Å². The van der Waals surface area contributed by atoms with Crippen molar-refractivity contribution < 1.29 is 9.53 Å². The van der Waals surface area contributed by atoms with E-state index in [1.807, 2.05) is 36.4 Å². The van der Waals surface area contributed by atoms with Crippen LogP contribution in [0.5, 0.6) is 0 Å². The summed E-state index contributed by atoms with van der Waals surface area (Å²) in [7, 11) is 0. The fourth-order valence-corrected chi connectivity index (χ4v) is 3.13. The Balaban J connectivity index is 2.31. The molecule has 20 heavy (non-hydrogen) atoms. The molecule has 0 aliphatic carbocycles. The Hall–Kier alpha value is -0.780. The molecule has 0 aliphatic heterocycles. The van der Waals surface area contributed by atoms with Gasteiger partial charge in [0, 0.05) is 18.7 Å². The molecule has 2 aromatic rings. The highest BCUT2D eigenvalue weighted by Crippen LogP contribution is 2.33. The average Bonchev–Trinajstić information content (AvgIpc) is 2.43. The van der Waals surface area contributed by atoms with Gasteiger partial charge < -0.3 is 4.74 Å². The number of carbonyl (C=O) groups excluding carboxylic acids is 1. The molecule has 2 aromatic carbocycles. The fraction of sp³-hybridized carbons (Fsp3) is 0.133. The average molecular weight is 416 g/mol. The predicted molar refractivity (Wildman–Crippen MR) is 88.4 cm³/mol. The number of ether oxygens (including phenoxy) is 1. The Kier molecular flexibility index (Phi) is 5.69. The molecule has 0 unspecified atom stereocenters. The summed E-state index contributed by atoms with van der Waals surface area (Å²) < 4.78 is 6.99. The van der Waals surface area contributed by atoms with Crippen LogP contribution in [0.1, 0.15) is 17.3 Å². The van der Waals surface area contributed by atoms with Crippen LogP contribution in [0.25, 0.3) is 0 Å². The van der Waals surface area contributed by atoms with Crippen LogP contribution in [0.2, 0.25) is 0 Å². The summed E-state index contributed by atoms with van der Waals surface area (Å²) in [5.41, 5.74) is 0.578. The highest BCUT2D eigenvalue weighted by Gasteiger charge is 2.14. The summed E-state index contributed by atoms with van der Waals surface area (Å²) in [6, 6.07) is 13.6. The van der Waals surface area contributed by atoms with Gasteiger partial charge in [0.1, 0.15) is 0 Å². The van der Waals surface area contributed by atoms with Gasteiger partial charge in [-0.2, -0.15) is 0 Å². The van der Waals surface area contributed by atoms with E-state index in [0.29, 0.717) is 12.2 Å². The molecular weight excluding hydrogens is 404 g/mol. The van der Waals surface area contributed by atoms with Crippen LogP contribution in [0, 0.1) is 0 Å². The summed E-state index contributed by atoms with van der Waals surface area (Å²) in [6.45, 7) is 2.17. The molecule has 0 aromatic heterocycles. The maximum absolute atomic E-state index is 12.0. The van der Waals surface area contributed by atoms with Crippen LogP contribution in [0.15, 0.2) is 61.2 Å². The highest BCUT2D eigenvalue weighted by atomic mass is 79.9. The second-order valence-corrected chi connectivity index (χ2v) is 6.86. The first kappa shape index (κ1) is 15.6. The number of esters is 1. The van der Waals surface area contributed by atoms with E-state index in [0.717, 1.165) is 18.7 Å². The fourth-order valence-electron chi connectivity index (χ4n) is 1.59. The first-order chi connectivity index (χ1) is 9.60.